The molecule has 0 aromatic heterocycles. The topological polar surface area (TPSA) is 69.9 Å². The van der Waals surface area contributed by atoms with E-state index < -0.39 is 4.92 Å². The molecule has 0 spiro atoms. The molecule has 2 aromatic carbocycles. The van der Waals surface area contributed by atoms with E-state index in [-0.39, 0.29) is 17.6 Å². The Morgan fingerprint density at radius 1 is 1.00 bits per heavy atom. The van der Waals surface area contributed by atoms with E-state index in [2.05, 4.69) is 4.90 Å². The van der Waals surface area contributed by atoms with Crippen molar-refractivity contribution in [1.82, 2.24) is 9.80 Å². The Bertz CT molecular complexity index is 785. The second-order valence-electron chi connectivity index (χ2n) is 6.86. The van der Waals surface area contributed by atoms with Gasteiger partial charge in [-0.1, -0.05) is 30.3 Å². The van der Waals surface area contributed by atoms with Gasteiger partial charge in [0.25, 0.3) is 5.69 Å². The summed E-state index contributed by atoms with van der Waals surface area (Å²) in [7, 11) is 3.84. The predicted octanol–water partition coefficient (Wildman–Crippen LogP) is 2.55. The van der Waals surface area contributed by atoms with Gasteiger partial charge >= 0.3 is 0 Å². The highest BCUT2D eigenvalue weighted by Crippen LogP contribution is 2.24. The summed E-state index contributed by atoms with van der Waals surface area (Å²) in [5.41, 5.74) is 2.02. The lowest BCUT2D eigenvalue weighted by Gasteiger charge is -2.38. The maximum absolute atomic E-state index is 13.1. The molecule has 1 unspecified atom stereocenters. The summed E-state index contributed by atoms with van der Waals surface area (Å²) in [6.45, 7) is 2.68. The number of hydrogen-bond donors (Lipinski definition) is 0. The van der Waals surface area contributed by atoms with Crippen molar-refractivity contribution in [2.75, 3.05) is 45.2 Å². The van der Waals surface area contributed by atoms with Gasteiger partial charge in [-0.15, -0.1) is 0 Å². The normalized spacial score (nSPS) is 15.7. The van der Waals surface area contributed by atoms with E-state index in [1.165, 1.54) is 12.1 Å². The molecule has 2 aromatic rings. The largest absolute Gasteiger partial charge is 0.368 e. The van der Waals surface area contributed by atoms with Crippen molar-refractivity contribution < 1.29 is 9.72 Å². The van der Waals surface area contributed by atoms with Crippen LogP contribution in [0.15, 0.2) is 54.6 Å². The summed E-state index contributed by atoms with van der Waals surface area (Å²) < 4.78 is 0. The first-order chi connectivity index (χ1) is 13.0. The number of non-ortho nitro benzene ring substituents is 1. The van der Waals surface area contributed by atoms with Gasteiger partial charge in [-0.25, -0.2) is 0 Å². The van der Waals surface area contributed by atoms with Crippen LogP contribution in [0.5, 0.6) is 0 Å². The van der Waals surface area contributed by atoms with Gasteiger partial charge in [0.1, 0.15) is 6.04 Å². The number of amides is 1. The molecule has 1 heterocycles. The van der Waals surface area contributed by atoms with Gasteiger partial charge in [0, 0.05) is 44.0 Å². The Morgan fingerprint density at radius 2 is 1.59 bits per heavy atom. The van der Waals surface area contributed by atoms with Gasteiger partial charge in [-0.05, 0) is 31.8 Å². The zero-order valence-electron chi connectivity index (χ0n) is 15.6. The third kappa shape index (κ3) is 4.25. The number of nitro benzene ring substituents is 1. The number of nitrogens with zero attached hydrogens (tertiary/aromatic N) is 4. The Balaban J connectivity index is 1.65. The molecule has 1 atom stereocenters. The molecule has 142 valence electrons. The first-order valence-electron chi connectivity index (χ1n) is 8.97. The Morgan fingerprint density at radius 3 is 2.11 bits per heavy atom. The van der Waals surface area contributed by atoms with Crippen molar-refractivity contribution in [1.29, 1.82) is 0 Å². The monoisotopic (exact) mass is 368 g/mol. The molecule has 0 aliphatic carbocycles. The van der Waals surface area contributed by atoms with Crippen LogP contribution in [-0.4, -0.2) is 60.9 Å². The van der Waals surface area contributed by atoms with E-state index in [4.69, 9.17) is 0 Å². The van der Waals surface area contributed by atoms with Crippen LogP contribution in [0, 0.1) is 10.1 Å². The van der Waals surface area contributed by atoms with E-state index in [1.807, 2.05) is 54.2 Å². The number of carbonyl (C=O) groups is 1. The molecule has 3 rings (SSSR count). The van der Waals surface area contributed by atoms with Gasteiger partial charge < -0.3 is 9.80 Å². The van der Waals surface area contributed by atoms with Crippen molar-refractivity contribution >= 4 is 17.3 Å². The SMILES string of the molecule is CN(C)C(C(=O)N1CCN(c2ccc([N+](=O)[O-])cc2)CC1)c1ccccc1. The minimum atomic E-state index is -0.397. The molecule has 1 fully saturated rings. The van der Waals surface area contributed by atoms with Crippen LogP contribution < -0.4 is 4.90 Å². The van der Waals surface area contributed by atoms with E-state index >= 15 is 0 Å². The third-order valence-electron chi connectivity index (χ3n) is 4.88. The van der Waals surface area contributed by atoms with Crippen LogP contribution in [0.2, 0.25) is 0 Å². The zero-order valence-corrected chi connectivity index (χ0v) is 15.6. The molecule has 1 aliphatic heterocycles. The van der Waals surface area contributed by atoms with Crippen LogP contribution in [0.3, 0.4) is 0 Å². The molecule has 1 amide bonds. The van der Waals surface area contributed by atoms with Crippen molar-refractivity contribution in [2.24, 2.45) is 0 Å². The van der Waals surface area contributed by atoms with Crippen LogP contribution in [-0.2, 0) is 4.79 Å². The molecule has 7 nitrogen and oxygen atoms in total. The fourth-order valence-electron chi connectivity index (χ4n) is 3.44. The smallest absolute Gasteiger partial charge is 0.269 e. The Hall–Kier alpha value is -2.93. The lowest BCUT2D eigenvalue weighted by atomic mass is 10.0. The molecule has 0 radical (unpaired) electrons. The molecule has 0 bridgehead atoms. The predicted molar refractivity (Wildman–Crippen MR) is 105 cm³/mol. The standard InChI is InChI=1S/C20H24N4O3/c1-21(2)19(16-6-4-3-5-7-16)20(25)23-14-12-22(13-15-23)17-8-10-18(11-9-17)24(26)27/h3-11,19H,12-15H2,1-2H3. The summed E-state index contributed by atoms with van der Waals surface area (Å²) in [5.74, 6) is 0.106. The number of likely N-dealkylation sites (N-methyl/N-ethyl adjacent to an activating group) is 1. The second kappa shape index (κ2) is 8.18. The van der Waals surface area contributed by atoms with E-state index in [1.54, 1.807) is 12.1 Å². The molecule has 0 saturated carbocycles. The number of piperazine rings is 1. The molecule has 1 aliphatic rings. The first-order valence-corrected chi connectivity index (χ1v) is 8.97. The van der Waals surface area contributed by atoms with Crippen LogP contribution >= 0.6 is 0 Å². The van der Waals surface area contributed by atoms with Crippen LogP contribution in [0.4, 0.5) is 11.4 Å². The molecule has 7 heteroatoms. The summed E-state index contributed by atoms with van der Waals surface area (Å²) in [6.07, 6.45) is 0. The number of benzene rings is 2. The van der Waals surface area contributed by atoms with Crippen molar-refractivity contribution in [2.45, 2.75) is 6.04 Å². The summed E-state index contributed by atoms with van der Waals surface area (Å²) in [5, 5.41) is 10.8. The minimum Gasteiger partial charge on any atom is -0.368 e. The fraction of sp³-hybridized carbons (Fsp3) is 0.350. The number of carbonyl (C=O) groups excluding carboxylic acids is 1. The maximum atomic E-state index is 13.1. The first kappa shape index (κ1) is 18.8. The molecular formula is C20H24N4O3. The van der Waals surface area contributed by atoms with Gasteiger partial charge in [0.05, 0.1) is 4.92 Å². The highest BCUT2D eigenvalue weighted by Gasteiger charge is 2.30. The second-order valence-corrected chi connectivity index (χ2v) is 6.86. The lowest BCUT2D eigenvalue weighted by Crippen LogP contribution is -2.51. The van der Waals surface area contributed by atoms with Crippen molar-refractivity contribution in [3.63, 3.8) is 0 Å². The Kier molecular flexibility index (Phi) is 5.71. The van der Waals surface area contributed by atoms with Gasteiger partial charge in [-0.3, -0.25) is 19.8 Å². The lowest BCUT2D eigenvalue weighted by molar-refractivity contribution is -0.384. The maximum Gasteiger partial charge on any atom is 0.269 e. The summed E-state index contributed by atoms with van der Waals surface area (Å²) in [6, 6.07) is 16.1. The minimum absolute atomic E-state index is 0.0873. The van der Waals surface area contributed by atoms with Crippen molar-refractivity contribution in [3.05, 3.63) is 70.3 Å². The van der Waals surface area contributed by atoms with E-state index in [0.717, 1.165) is 11.3 Å². The van der Waals surface area contributed by atoms with Gasteiger partial charge in [0.2, 0.25) is 5.91 Å². The molecule has 0 N–H and O–H groups in total. The number of anilines is 1. The summed E-state index contributed by atoms with van der Waals surface area (Å²) >= 11 is 0. The number of rotatable bonds is 5. The van der Waals surface area contributed by atoms with Crippen LogP contribution in [0.25, 0.3) is 0 Å². The highest BCUT2D eigenvalue weighted by atomic mass is 16.6. The quantitative estimate of drug-likeness (QED) is 0.599. The van der Waals surface area contributed by atoms with E-state index in [0.29, 0.717) is 26.2 Å². The van der Waals surface area contributed by atoms with Crippen LogP contribution in [0.1, 0.15) is 11.6 Å². The van der Waals surface area contributed by atoms with Gasteiger partial charge in [0.15, 0.2) is 0 Å². The average molecular weight is 368 g/mol. The number of nitro groups is 1. The van der Waals surface area contributed by atoms with E-state index in [9.17, 15) is 14.9 Å². The summed E-state index contributed by atoms with van der Waals surface area (Å²) in [4.78, 5) is 29.5. The molecule has 27 heavy (non-hydrogen) atoms. The third-order valence-corrected chi connectivity index (χ3v) is 4.88. The zero-order chi connectivity index (χ0) is 19.4. The molecule has 1 saturated heterocycles. The fourth-order valence-corrected chi connectivity index (χ4v) is 3.44. The average Bonchev–Trinajstić information content (AvgIpc) is 2.69. The number of hydrogen-bond acceptors (Lipinski definition) is 5. The molecular weight excluding hydrogens is 344 g/mol. The Labute approximate surface area is 158 Å². The van der Waals surface area contributed by atoms with Crippen molar-refractivity contribution in [3.8, 4) is 0 Å². The van der Waals surface area contributed by atoms with Gasteiger partial charge in [-0.2, -0.15) is 0 Å². The highest BCUT2D eigenvalue weighted by molar-refractivity contribution is 5.83.